The maximum atomic E-state index is 12.6. The van der Waals surface area contributed by atoms with E-state index < -0.39 is 0 Å². The topological polar surface area (TPSA) is 20.3 Å². The van der Waals surface area contributed by atoms with E-state index in [0.29, 0.717) is 14.2 Å². The third-order valence-electron chi connectivity index (χ3n) is 3.24. The van der Waals surface area contributed by atoms with Crippen molar-refractivity contribution in [1.82, 2.24) is 0 Å². The lowest BCUT2D eigenvalue weighted by atomic mass is 10.0. The largest absolute Gasteiger partial charge is 0.308 e. The van der Waals surface area contributed by atoms with E-state index in [0.717, 1.165) is 25.1 Å². The van der Waals surface area contributed by atoms with Crippen molar-refractivity contribution in [2.45, 2.75) is 12.8 Å². The van der Waals surface area contributed by atoms with Crippen molar-refractivity contribution in [3.05, 3.63) is 50.1 Å². The molecule has 2 aromatic rings. The highest BCUT2D eigenvalue weighted by atomic mass is 35.5. The van der Waals surface area contributed by atoms with Crippen LogP contribution in [-0.2, 0) is 6.42 Å². The molecule has 0 atom stereocenters. The molecular formula is C14H11Cl2NOS. The maximum absolute atomic E-state index is 12.6. The summed E-state index contributed by atoms with van der Waals surface area (Å²) >= 11 is 13.2. The monoisotopic (exact) mass is 311 g/mol. The van der Waals surface area contributed by atoms with Gasteiger partial charge in [0.2, 0.25) is 0 Å². The molecule has 98 valence electrons. The molecule has 2 nitrogen and oxygen atoms in total. The van der Waals surface area contributed by atoms with Crippen LogP contribution in [-0.4, -0.2) is 12.5 Å². The van der Waals surface area contributed by atoms with Crippen LogP contribution in [0.15, 0.2) is 30.3 Å². The molecule has 0 unspecified atom stereocenters. The summed E-state index contributed by atoms with van der Waals surface area (Å²) in [5.41, 5.74) is 2.69. The summed E-state index contributed by atoms with van der Waals surface area (Å²) in [5.74, 6) is -0.0692. The van der Waals surface area contributed by atoms with E-state index in [4.69, 9.17) is 23.2 Å². The van der Waals surface area contributed by atoms with Crippen molar-refractivity contribution in [2.24, 2.45) is 0 Å². The molecule has 5 heteroatoms. The Morgan fingerprint density at radius 3 is 2.79 bits per heavy atom. The average molecular weight is 312 g/mol. The fourth-order valence-electron chi connectivity index (χ4n) is 2.38. The number of aryl methyl sites for hydroxylation is 1. The average Bonchev–Trinajstić information content (AvgIpc) is 2.76. The van der Waals surface area contributed by atoms with Gasteiger partial charge in [0.1, 0.15) is 4.34 Å². The van der Waals surface area contributed by atoms with Gasteiger partial charge in [-0.25, -0.2) is 0 Å². The lowest BCUT2D eigenvalue weighted by molar-refractivity contribution is 0.0985. The third kappa shape index (κ3) is 2.38. The van der Waals surface area contributed by atoms with Gasteiger partial charge in [-0.15, -0.1) is 11.3 Å². The highest BCUT2D eigenvalue weighted by Crippen LogP contribution is 2.34. The van der Waals surface area contributed by atoms with Crippen molar-refractivity contribution >= 4 is 46.1 Å². The minimum Gasteiger partial charge on any atom is -0.308 e. The molecule has 2 heterocycles. The molecule has 0 spiro atoms. The van der Waals surface area contributed by atoms with Crippen molar-refractivity contribution in [2.75, 3.05) is 11.4 Å². The Balaban J connectivity index is 2.00. The molecule has 1 aromatic heterocycles. The van der Waals surface area contributed by atoms with Gasteiger partial charge >= 0.3 is 0 Å². The number of benzene rings is 1. The van der Waals surface area contributed by atoms with Crippen LogP contribution in [0.25, 0.3) is 0 Å². The quantitative estimate of drug-likeness (QED) is 0.750. The van der Waals surface area contributed by atoms with E-state index in [1.807, 2.05) is 18.2 Å². The van der Waals surface area contributed by atoms with E-state index in [9.17, 15) is 4.79 Å². The Labute approximate surface area is 125 Å². The number of anilines is 1. The Bertz CT molecular complexity index is 638. The number of fused-ring (bicyclic) bond motifs is 1. The zero-order valence-electron chi connectivity index (χ0n) is 10.0. The fourth-order valence-corrected chi connectivity index (χ4v) is 3.82. The van der Waals surface area contributed by atoms with Crippen LogP contribution < -0.4 is 4.90 Å². The van der Waals surface area contributed by atoms with E-state index >= 15 is 0 Å². The van der Waals surface area contributed by atoms with Gasteiger partial charge in [-0.05, 0) is 30.5 Å². The number of rotatable bonds is 1. The fraction of sp³-hybridized carbons (Fsp3) is 0.214. The molecule has 1 aliphatic rings. The zero-order chi connectivity index (χ0) is 13.4. The van der Waals surface area contributed by atoms with Crippen LogP contribution in [0.5, 0.6) is 0 Å². The third-order valence-corrected chi connectivity index (χ3v) is 4.73. The minimum atomic E-state index is -0.0692. The molecule has 0 N–H and O–H groups in total. The number of para-hydroxylation sites is 1. The van der Waals surface area contributed by atoms with Crippen LogP contribution in [0.2, 0.25) is 8.67 Å². The number of hydrogen-bond acceptors (Lipinski definition) is 2. The first-order valence-electron chi connectivity index (χ1n) is 6.01. The second-order valence-corrected chi connectivity index (χ2v) is 6.71. The van der Waals surface area contributed by atoms with Crippen LogP contribution >= 0.6 is 34.5 Å². The van der Waals surface area contributed by atoms with Gasteiger partial charge in [0.05, 0.1) is 9.90 Å². The molecule has 0 saturated carbocycles. The number of thiophene rings is 1. The highest BCUT2D eigenvalue weighted by Gasteiger charge is 2.25. The van der Waals surface area contributed by atoms with Crippen molar-refractivity contribution in [3.63, 3.8) is 0 Å². The first-order chi connectivity index (χ1) is 9.16. The van der Waals surface area contributed by atoms with Gasteiger partial charge in [-0.2, -0.15) is 0 Å². The lowest BCUT2D eigenvalue weighted by Gasteiger charge is -2.29. The Kier molecular flexibility index (Phi) is 3.52. The van der Waals surface area contributed by atoms with Gasteiger partial charge < -0.3 is 4.90 Å². The molecule has 0 fully saturated rings. The van der Waals surface area contributed by atoms with E-state index in [1.54, 1.807) is 11.0 Å². The summed E-state index contributed by atoms with van der Waals surface area (Å²) < 4.78 is 0.997. The van der Waals surface area contributed by atoms with E-state index in [1.165, 1.54) is 16.9 Å². The number of nitrogens with zero attached hydrogens (tertiary/aromatic N) is 1. The number of hydrogen-bond donors (Lipinski definition) is 0. The Morgan fingerprint density at radius 2 is 2.05 bits per heavy atom. The number of halogens is 2. The van der Waals surface area contributed by atoms with Gasteiger partial charge in [0.15, 0.2) is 0 Å². The van der Waals surface area contributed by atoms with Gasteiger partial charge in [0.25, 0.3) is 5.91 Å². The number of carbonyl (C=O) groups excluding carboxylic acids is 1. The van der Waals surface area contributed by atoms with Crippen LogP contribution in [0, 0.1) is 0 Å². The normalized spacial score (nSPS) is 14.3. The first kappa shape index (κ1) is 13.0. The van der Waals surface area contributed by atoms with E-state index in [-0.39, 0.29) is 5.91 Å². The number of amides is 1. The molecule has 0 saturated heterocycles. The van der Waals surface area contributed by atoms with Crippen molar-refractivity contribution in [1.29, 1.82) is 0 Å². The summed E-state index contributed by atoms with van der Waals surface area (Å²) in [6.45, 7) is 0.722. The SMILES string of the molecule is O=C(c1cc(Cl)sc1Cl)N1CCCc2ccccc21. The summed E-state index contributed by atoms with van der Waals surface area (Å²) in [6.07, 6.45) is 1.98. The van der Waals surface area contributed by atoms with Crippen molar-refractivity contribution in [3.8, 4) is 0 Å². The van der Waals surface area contributed by atoms with Crippen molar-refractivity contribution < 1.29 is 4.79 Å². The van der Waals surface area contributed by atoms with Crippen LogP contribution in [0.1, 0.15) is 22.3 Å². The van der Waals surface area contributed by atoms with Gasteiger partial charge in [-0.1, -0.05) is 41.4 Å². The molecule has 1 amide bonds. The second kappa shape index (κ2) is 5.16. The molecule has 0 bridgehead atoms. The molecule has 1 aliphatic heterocycles. The van der Waals surface area contributed by atoms with Gasteiger partial charge in [0, 0.05) is 12.2 Å². The summed E-state index contributed by atoms with van der Waals surface area (Å²) in [5, 5.41) is 0. The van der Waals surface area contributed by atoms with Gasteiger partial charge in [-0.3, -0.25) is 4.79 Å². The van der Waals surface area contributed by atoms with Crippen LogP contribution in [0.4, 0.5) is 5.69 Å². The molecular weight excluding hydrogens is 301 g/mol. The molecule has 19 heavy (non-hydrogen) atoms. The Morgan fingerprint density at radius 1 is 1.26 bits per heavy atom. The number of carbonyl (C=O) groups is 1. The standard InChI is InChI=1S/C14H11Cl2NOS/c15-12-8-10(13(16)19-12)14(18)17-7-3-5-9-4-1-2-6-11(9)17/h1-2,4,6,8H,3,5,7H2. The molecule has 3 rings (SSSR count). The smallest absolute Gasteiger partial charge is 0.260 e. The van der Waals surface area contributed by atoms with Crippen LogP contribution in [0.3, 0.4) is 0 Å². The zero-order valence-corrected chi connectivity index (χ0v) is 12.4. The highest BCUT2D eigenvalue weighted by molar-refractivity contribution is 7.20. The van der Waals surface area contributed by atoms with E-state index in [2.05, 4.69) is 6.07 Å². The summed E-state index contributed by atoms with van der Waals surface area (Å²) in [7, 11) is 0. The lowest BCUT2D eigenvalue weighted by Crippen LogP contribution is -2.35. The Hall–Kier alpha value is -1.03. The predicted octanol–water partition coefficient (Wildman–Crippen LogP) is 4.65. The minimum absolute atomic E-state index is 0.0692. The molecule has 1 aromatic carbocycles. The summed E-state index contributed by atoms with van der Waals surface area (Å²) in [6, 6.07) is 9.65. The maximum Gasteiger partial charge on any atom is 0.260 e. The summed E-state index contributed by atoms with van der Waals surface area (Å²) in [4.78, 5) is 14.4. The second-order valence-electron chi connectivity index (χ2n) is 4.43. The first-order valence-corrected chi connectivity index (χ1v) is 7.58. The molecule has 0 aliphatic carbocycles. The predicted molar refractivity (Wildman–Crippen MR) is 80.8 cm³/mol. The molecule has 0 radical (unpaired) electrons.